The van der Waals surface area contributed by atoms with Gasteiger partial charge in [-0.25, -0.2) is 4.98 Å². The Labute approximate surface area is 168 Å². The molecule has 3 aromatic rings. The molecule has 0 unspecified atom stereocenters. The van der Waals surface area contributed by atoms with E-state index in [-0.39, 0.29) is 0 Å². The number of benzene rings is 2. The summed E-state index contributed by atoms with van der Waals surface area (Å²) in [5.74, 6) is 1.77. The summed E-state index contributed by atoms with van der Waals surface area (Å²) in [5.41, 5.74) is 3.54. The van der Waals surface area contributed by atoms with Gasteiger partial charge in [0.2, 0.25) is 5.95 Å². The van der Waals surface area contributed by atoms with Gasteiger partial charge < -0.3 is 9.80 Å². The highest BCUT2D eigenvalue weighted by Gasteiger charge is 2.17. The zero-order valence-corrected chi connectivity index (χ0v) is 17.3. The number of nitrogens with zero attached hydrogens (tertiary/aromatic N) is 4. The SMILES string of the molecule is CCN(Cc1ccccc1)c1cc(C)nc(N(Cc2ccccc2)C(C)C)n1. The second-order valence-electron chi connectivity index (χ2n) is 7.37. The number of rotatable bonds is 8. The van der Waals surface area contributed by atoms with E-state index in [1.165, 1.54) is 11.1 Å². The first-order valence-electron chi connectivity index (χ1n) is 10.0. The van der Waals surface area contributed by atoms with Crippen molar-refractivity contribution in [2.45, 2.75) is 46.8 Å². The van der Waals surface area contributed by atoms with Crippen LogP contribution in [0, 0.1) is 6.92 Å². The lowest BCUT2D eigenvalue weighted by molar-refractivity contribution is 0.656. The Bertz CT molecular complexity index is 862. The van der Waals surface area contributed by atoms with Crippen LogP contribution in [0.3, 0.4) is 0 Å². The van der Waals surface area contributed by atoms with Crippen LogP contribution in [0.2, 0.25) is 0 Å². The summed E-state index contributed by atoms with van der Waals surface area (Å²) >= 11 is 0. The highest BCUT2D eigenvalue weighted by Crippen LogP contribution is 2.22. The van der Waals surface area contributed by atoms with Gasteiger partial charge in [0.05, 0.1) is 0 Å². The van der Waals surface area contributed by atoms with Crippen molar-refractivity contribution < 1.29 is 0 Å². The lowest BCUT2D eigenvalue weighted by atomic mass is 10.2. The molecule has 0 aliphatic heterocycles. The van der Waals surface area contributed by atoms with E-state index < -0.39 is 0 Å². The molecule has 0 aliphatic carbocycles. The fourth-order valence-corrected chi connectivity index (χ4v) is 3.25. The Morgan fingerprint density at radius 2 is 1.39 bits per heavy atom. The molecule has 0 atom stereocenters. The van der Waals surface area contributed by atoms with Gasteiger partial charge in [0.15, 0.2) is 0 Å². The van der Waals surface area contributed by atoms with E-state index in [4.69, 9.17) is 9.97 Å². The molecular weight excluding hydrogens is 344 g/mol. The van der Waals surface area contributed by atoms with Gasteiger partial charge in [-0.05, 0) is 38.8 Å². The molecule has 2 aromatic carbocycles. The molecule has 4 heteroatoms. The summed E-state index contributed by atoms with van der Waals surface area (Å²) in [4.78, 5) is 14.3. The second kappa shape index (κ2) is 9.36. The molecular formula is C24H30N4. The Kier molecular flexibility index (Phi) is 6.64. The quantitative estimate of drug-likeness (QED) is 0.541. The van der Waals surface area contributed by atoms with Gasteiger partial charge in [0.1, 0.15) is 5.82 Å². The molecule has 0 radical (unpaired) electrons. The number of aryl methyl sites for hydroxylation is 1. The van der Waals surface area contributed by atoms with Gasteiger partial charge in [-0.2, -0.15) is 4.98 Å². The summed E-state index contributed by atoms with van der Waals surface area (Å²) in [6.07, 6.45) is 0. The summed E-state index contributed by atoms with van der Waals surface area (Å²) in [6.45, 7) is 11.1. The predicted octanol–water partition coefficient (Wildman–Crippen LogP) is 5.23. The minimum absolute atomic E-state index is 0.305. The molecule has 28 heavy (non-hydrogen) atoms. The molecule has 0 aliphatic rings. The van der Waals surface area contributed by atoms with Crippen molar-refractivity contribution in [1.82, 2.24) is 9.97 Å². The smallest absolute Gasteiger partial charge is 0.228 e. The Hall–Kier alpha value is -2.88. The maximum absolute atomic E-state index is 4.96. The summed E-state index contributed by atoms with van der Waals surface area (Å²) in [6, 6.07) is 23.4. The third-order valence-electron chi connectivity index (χ3n) is 4.83. The second-order valence-corrected chi connectivity index (χ2v) is 7.37. The molecule has 0 spiro atoms. The van der Waals surface area contributed by atoms with Gasteiger partial charge in [-0.3, -0.25) is 0 Å². The van der Waals surface area contributed by atoms with Gasteiger partial charge in [-0.1, -0.05) is 60.7 Å². The topological polar surface area (TPSA) is 32.3 Å². The number of hydrogen-bond donors (Lipinski definition) is 0. The highest BCUT2D eigenvalue weighted by atomic mass is 15.3. The highest BCUT2D eigenvalue weighted by molar-refractivity contribution is 5.47. The Morgan fingerprint density at radius 1 is 0.821 bits per heavy atom. The van der Waals surface area contributed by atoms with Crippen molar-refractivity contribution in [1.29, 1.82) is 0 Å². The van der Waals surface area contributed by atoms with E-state index in [1.807, 2.05) is 13.0 Å². The molecule has 0 bridgehead atoms. The molecule has 0 saturated heterocycles. The van der Waals surface area contributed by atoms with Gasteiger partial charge in [0.25, 0.3) is 0 Å². The van der Waals surface area contributed by atoms with Crippen LogP contribution in [0.4, 0.5) is 11.8 Å². The zero-order chi connectivity index (χ0) is 19.9. The van der Waals surface area contributed by atoms with Crippen molar-refractivity contribution in [2.75, 3.05) is 16.3 Å². The van der Waals surface area contributed by atoms with E-state index >= 15 is 0 Å². The maximum atomic E-state index is 4.96. The van der Waals surface area contributed by atoms with Crippen molar-refractivity contribution in [3.63, 3.8) is 0 Å². The summed E-state index contributed by atoms with van der Waals surface area (Å²) in [7, 11) is 0. The first-order valence-corrected chi connectivity index (χ1v) is 10.0. The predicted molar refractivity (Wildman–Crippen MR) is 118 cm³/mol. The molecule has 1 heterocycles. The average Bonchev–Trinajstić information content (AvgIpc) is 2.71. The van der Waals surface area contributed by atoms with Gasteiger partial charge in [-0.15, -0.1) is 0 Å². The first-order chi connectivity index (χ1) is 13.6. The van der Waals surface area contributed by atoms with Crippen LogP contribution in [-0.4, -0.2) is 22.6 Å². The first kappa shape index (κ1) is 19.9. The third-order valence-corrected chi connectivity index (χ3v) is 4.83. The summed E-state index contributed by atoms with van der Waals surface area (Å²) < 4.78 is 0. The van der Waals surface area contributed by atoms with Crippen LogP contribution in [0.25, 0.3) is 0 Å². The Morgan fingerprint density at radius 3 is 1.93 bits per heavy atom. The van der Waals surface area contributed by atoms with E-state index in [9.17, 15) is 0 Å². The average molecular weight is 375 g/mol. The van der Waals surface area contributed by atoms with Crippen LogP contribution in [0.5, 0.6) is 0 Å². The standard InChI is InChI=1S/C24H30N4/c1-5-27(17-21-12-8-6-9-13-21)23-16-20(4)25-24(26-23)28(19(2)3)18-22-14-10-7-11-15-22/h6-16,19H,5,17-18H2,1-4H3. The number of anilines is 2. The minimum Gasteiger partial charge on any atom is -0.352 e. The molecule has 3 rings (SSSR count). The van der Waals surface area contributed by atoms with E-state index in [1.54, 1.807) is 0 Å². The lowest BCUT2D eigenvalue weighted by Gasteiger charge is -2.29. The van der Waals surface area contributed by atoms with Crippen LogP contribution in [0.15, 0.2) is 66.7 Å². The fourth-order valence-electron chi connectivity index (χ4n) is 3.25. The molecule has 0 fully saturated rings. The molecule has 0 saturated carbocycles. The van der Waals surface area contributed by atoms with Gasteiger partial charge in [0, 0.05) is 37.4 Å². The zero-order valence-electron chi connectivity index (χ0n) is 17.3. The van der Waals surface area contributed by atoms with Crippen molar-refractivity contribution in [3.05, 3.63) is 83.6 Å². The fraction of sp³-hybridized carbons (Fsp3) is 0.333. The van der Waals surface area contributed by atoms with E-state index in [0.29, 0.717) is 6.04 Å². The normalized spacial score (nSPS) is 10.9. The lowest BCUT2D eigenvalue weighted by Crippen LogP contribution is -2.33. The molecule has 0 amide bonds. The number of hydrogen-bond acceptors (Lipinski definition) is 4. The van der Waals surface area contributed by atoms with E-state index in [2.05, 4.69) is 91.2 Å². The number of aromatic nitrogens is 2. The third kappa shape index (κ3) is 5.10. The van der Waals surface area contributed by atoms with Crippen LogP contribution in [-0.2, 0) is 13.1 Å². The monoisotopic (exact) mass is 374 g/mol. The van der Waals surface area contributed by atoms with Crippen LogP contribution < -0.4 is 9.80 Å². The van der Waals surface area contributed by atoms with Crippen molar-refractivity contribution >= 4 is 11.8 Å². The Balaban J connectivity index is 1.89. The van der Waals surface area contributed by atoms with Crippen molar-refractivity contribution in [3.8, 4) is 0 Å². The van der Waals surface area contributed by atoms with Crippen molar-refractivity contribution in [2.24, 2.45) is 0 Å². The molecule has 4 nitrogen and oxygen atoms in total. The molecule has 1 aromatic heterocycles. The largest absolute Gasteiger partial charge is 0.352 e. The molecule has 146 valence electrons. The summed E-state index contributed by atoms with van der Waals surface area (Å²) in [5, 5.41) is 0. The van der Waals surface area contributed by atoms with Crippen LogP contribution in [0.1, 0.15) is 37.6 Å². The van der Waals surface area contributed by atoms with E-state index in [0.717, 1.165) is 37.1 Å². The minimum atomic E-state index is 0.305. The van der Waals surface area contributed by atoms with Crippen LogP contribution >= 0.6 is 0 Å². The molecule has 0 N–H and O–H groups in total. The maximum Gasteiger partial charge on any atom is 0.228 e. The van der Waals surface area contributed by atoms with Gasteiger partial charge >= 0.3 is 0 Å².